The number of rotatable bonds is 1. The highest BCUT2D eigenvalue weighted by atomic mass is 16.6. The van der Waals surface area contributed by atoms with Crippen molar-refractivity contribution < 1.29 is 19.1 Å². The number of Topliss-reactive ketones (excluding diaryl/α,β-unsaturated/α-hetero) is 1. The number of hydrogen-bond acceptors (Lipinski definition) is 4. The van der Waals surface area contributed by atoms with Crippen LogP contribution in [0.25, 0.3) is 0 Å². The Kier molecular flexibility index (Phi) is 3.17. The minimum absolute atomic E-state index is 0.0725. The maximum Gasteiger partial charge on any atom is 0.417 e. The Morgan fingerprint density at radius 3 is 2.39 bits per heavy atom. The molecule has 0 N–H and O–H groups in total. The van der Waals surface area contributed by atoms with Crippen molar-refractivity contribution in [3.8, 4) is 0 Å². The molecule has 1 aliphatic heterocycles. The third-order valence-electron chi connectivity index (χ3n) is 3.14. The van der Waals surface area contributed by atoms with Gasteiger partial charge < -0.3 is 4.74 Å². The first-order valence-corrected chi connectivity index (χ1v) is 6.34. The molecule has 1 aliphatic carbocycles. The maximum atomic E-state index is 12.0. The molecule has 1 unspecified atom stereocenters. The molecule has 1 atom stereocenters. The summed E-state index contributed by atoms with van der Waals surface area (Å²) >= 11 is 0. The van der Waals surface area contributed by atoms with Crippen molar-refractivity contribution >= 4 is 17.8 Å². The molecule has 1 saturated heterocycles. The van der Waals surface area contributed by atoms with Gasteiger partial charge in [-0.05, 0) is 39.5 Å². The fourth-order valence-corrected chi connectivity index (χ4v) is 2.24. The summed E-state index contributed by atoms with van der Waals surface area (Å²) in [5, 5.41) is 0. The molecule has 2 amide bonds. The first-order valence-electron chi connectivity index (χ1n) is 6.34. The fourth-order valence-electron chi connectivity index (χ4n) is 2.24. The SMILES string of the molecule is CC(C)(C)OC(=O)N1C(=O)CC(=O)CC1C1CC1. The Balaban J connectivity index is 2.14. The molecule has 5 heteroatoms. The van der Waals surface area contributed by atoms with Crippen molar-refractivity contribution in [2.24, 2.45) is 5.92 Å². The highest BCUT2D eigenvalue weighted by Crippen LogP contribution is 2.39. The third-order valence-corrected chi connectivity index (χ3v) is 3.14. The van der Waals surface area contributed by atoms with Crippen LogP contribution in [-0.2, 0) is 14.3 Å². The van der Waals surface area contributed by atoms with E-state index in [4.69, 9.17) is 4.74 Å². The van der Waals surface area contributed by atoms with Gasteiger partial charge in [0.25, 0.3) is 0 Å². The third kappa shape index (κ3) is 2.89. The largest absolute Gasteiger partial charge is 0.443 e. The standard InChI is InChI=1S/C13H19NO4/c1-13(2,3)18-12(17)14-10(8-4-5-8)6-9(15)7-11(14)16/h8,10H,4-7H2,1-3H3. The molecule has 0 radical (unpaired) electrons. The van der Waals surface area contributed by atoms with Crippen LogP contribution >= 0.6 is 0 Å². The molecule has 1 heterocycles. The second-order valence-corrected chi connectivity index (χ2v) is 6.07. The van der Waals surface area contributed by atoms with E-state index >= 15 is 0 Å². The van der Waals surface area contributed by atoms with Crippen molar-refractivity contribution in [1.82, 2.24) is 4.90 Å². The van der Waals surface area contributed by atoms with Crippen LogP contribution in [0.3, 0.4) is 0 Å². The van der Waals surface area contributed by atoms with E-state index in [-0.39, 0.29) is 30.6 Å². The smallest absolute Gasteiger partial charge is 0.417 e. The number of likely N-dealkylation sites (tertiary alicyclic amines) is 1. The zero-order valence-electron chi connectivity index (χ0n) is 11.1. The van der Waals surface area contributed by atoms with Gasteiger partial charge in [-0.1, -0.05) is 0 Å². The van der Waals surface area contributed by atoms with Crippen LogP contribution < -0.4 is 0 Å². The Morgan fingerprint density at radius 2 is 1.89 bits per heavy atom. The van der Waals surface area contributed by atoms with Crippen LogP contribution in [0.2, 0.25) is 0 Å². The fraction of sp³-hybridized carbons (Fsp3) is 0.769. The summed E-state index contributed by atoms with van der Waals surface area (Å²) < 4.78 is 5.25. The van der Waals surface area contributed by atoms with Gasteiger partial charge in [-0.2, -0.15) is 0 Å². The van der Waals surface area contributed by atoms with Crippen molar-refractivity contribution in [3.05, 3.63) is 0 Å². The number of piperidine rings is 1. The van der Waals surface area contributed by atoms with Crippen LogP contribution in [0.4, 0.5) is 4.79 Å². The summed E-state index contributed by atoms with van der Waals surface area (Å²) in [7, 11) is 0. The van der Waals surface area contributed by atoms with E-state index in [1.807, 2.05) is 0 Å². The van der Waals surface area contributed by atoms with E-state index in [9.17, 15) is 14.4 Å². The van der Waals surface area contributed by atoms with Crippen LogP contribution in [0.1, 0.15) is 46.5 Å². The van der Waals surface area contributed by atoms with Gasteiger partial charge in [0.05, 0.1) is 12.5 Å². The summed E-state index contributed by atoms with van der Waals surface area (Å²) in [6.07, 6.45) is 1.45. The van der Waals surface area contributed by atoms with Gasteiger partial charge in [-0.15, -0.1) is 0 Å². The zero-order chi connectivity index (χ0) is 13.5. The van der Waals surface area contributed by atoms with Crippen LogP contribution in [0.15, 0.2) is 0 Å². The van der Waals surface area contributed by atoms with E-state index in [1.165, 1.54) is 4.90 Å². The molecule has 100 valence electrons. The molecular formula is C13H19NO4. The average molecular weight is 253 g/mol. The molecule has 0 aromatic carbocycles. The predicted octanol–water partition coefficient (Wildman–Crippen LogP) is 1.89. The lowest BCUT2D eigenvalue weighted by atomic mass is 9.97. The Bertz CT molecular complexity index is 392. The molecule has 0 aromatic heterocycles. The lowest BCUT2D eigenvalue weighted by Crippen LogP contribution is -2.52. The molecule has 5 nitrogen and oxygen atoms in total. The first kappa shape index (κ1) is 13.1. The molecule has 0 aromatic rings. The average Bonchev–Trinajstić information content (AvgIpc) is 2.95. The molecule has 0 spiro atoms. The molecule has 0 bridgehead atoms. The highest BCUT2D eigenvalue weighted by molar-refractivity contribution is 6.06. The zero-order valence-corrected chi connectivity index (χ0v) is 11.1. The van der Waals surface area contributed by atoms with Gasteiger partial charge in [0.1, 0.15) is 11.4 Å². The van der Waals surface area contributed by atoms with E-state index in [1.54, 1.807) is 20.8 Å². The maximum absolute atomic E-state index is 12.0. The topological polar surface area (TPSA) is 63.7 Å². The second-order valence-electron chi connectivity index (χ2n) is 6.07. The van der Waals surface area contributed by atoms with E-state index in [2.05, 4.69) is 0 Å². The summed E-state index contributed by atoms with van der Waals surface area (Å²) in [6, 6.07) is -0.284. The van der Waals surface area contributed by atoms with Crippen molar-refractivity contribution in [2.75, 3.05) is 0 Å². The van der Waals surface area contributed by atoms with Crippen molar-refractivity contribution in [3.63, 3.8) is 0 Å². The van der Waals surface area contributed by atoms with E-state index in [0.29, 0.717) is 0 Å². The molecule has 2 aliphatic rings. The highest BCUT2D eigenvalue weighted by Gasteiger charge is 2.46. The van der Waals surface area contributed by atoms with Crippen molar-refractivity contribution in [2.45, 2.75) is 58.1 Å². The number of carbonyl (C=O) groups excluding carboxylic acids is 3. The molecule has 1 saturated carbocycles. The minimum Gasteiger partial charge on any atom is -0.443 e. The predicted molar refractivity (Wildman–Crippen MR) is 63.8 cm³/mol. The van der Waals surface area contributed by atoms with Gasteiger partial charge in [0, 0.05) is 6.42 Å². The van der Waals surface area contributed by atoms with Crippen LogP contribution in [0, 0.1) is 5.92 Å². The second kappa shape index (κ2) is 4.37. The number of ketones is 1. The number of imide groups is 1. The van der Waals surface area contributed by atoms with Gasteiger partial charge >= 0.3 is 6.09 Å². The van der Waals surface area contributed by atoms with Gasteiger partial charge in [0.15, 0.2) is 0 Å². The summed E-state index contributed by atoms with van der Waals surface area (Å²) in [5.41, 5.74) is -0.632. The number of ether oxygens (including phenoxy) is 1. The molecule has 2 fully saturated rings. The van der Waals surface area contributed by atoms with E-state index < -0.39 is 17.6 Å². The van der Waals surface area contributed by atoms with Gasteiger partial charge in [-0.25, -0.2) is 9.69 Å². The monoisotopic (exact) mass is 253 g/mol. The van der Waals surface area contributed by atoms with Crippen LogP contribution in [-0.4, -0.2) is 34.3 Å². The minimum atomic E-state index is -0.632. The normalized spacial score (nSPS) is 25.3. The Morgan fingerprint density at radius 1 is 1.28 bits per heavy atom. The number of amides is 2. The number of nitrogens with zero attached hydrogens (tertiary/aromatic N) is 1. The number of carbonyl (C=O) groups is 3. The molecule has 18 heavy (non-hydrogen) atoms. The van der Waals surface area contributed by atoms with Crippen LogP contribution in [0.5, 0.6) is 0 Å². The lowest BCUT2D eigenvalue weighted by Gasteiger charge is -2.34. The van der Waals surface area contributed by atoms with Crippen molar-refractivity contribution in [1.29, 1.82) is 0 Å². The Labute approximate surface area is 106 Å². The van der Waals surface area contributed by atoms with E-state index in [0.717, 1.165) is 12.8 Å². The quantitative estimate of drug-likeness (QED) is 0.669. The van der Waals surface area contributed by atoms with Gasteiger partial charge in [0.2, 0.25) is 5.91 Å². The lowest BCUT2D eigenvalue weighted by molar-refractivity contribution is -0.141. The molecular weight excluding hydrogens is 234 g/mol. The summed E-state index contributed by atoms with van der Waals surface area (Å²) in [6.45, 7) is 5.28. The summed E-state index contributed by atoms with van der Waals surface area (Å²) in [5.74, 6) is -0.208. The Hall–Kier alpha value is -1.39. The van der Waals surface area contributed by atoms with Gasteiger partial charge in [-0.3, -0.25) is 9.59 Å². The number of hydrogen-bond donors (Lipinski definition) is 0. The summed E-state index contributed by atoms with van der Waals surface area (Å²) in [4.78, 5) is 36.6. The molecule has 2 rings (SSSR count). The first-order chi connectivity index (χ1) is 8.28.